The van der Waals surface area contributed by atoms with Crippen molar-refractivity contribution in [2.45, 2.75) is 51.6 Å². The second-order valence-electron chi connectivity index (χ2n) is 4.42. The Hall–Kier alpha value is -0.410. The summed E-state index contributed by atoms with van der Waals surface area (Å²) in [6.45, 7) is 5.25. The van der Waals surface area contributed by atoms with Crippen molar-refractivity contribution in [3.8, 4) is 0 Å². The first-order valence-corrected chi connectivity index (χ1v) is 5.95. The molecule has 1 rings (SSSR count). The number of carbonyl (C=O) groups is 1. The van der Waals surface area contributed by atoms with Gasteiger partial charge in [0.15, 0.2) is 5.78 Å². The van der Waals surface area contributed by atoms with Crippen LogP contribution in [0.4, 0.5) is 0 Å². The normalized spacial score (nSPS) is 19.1. The molecule has 0 radical (unpaired) electrons. The second kappa shape index (κ2) is 5.61. The summed E-state index contributed by atoms with van der Waals surface area (Å²) in [4.78, 5) is 11.9. The molecule has 1 heterocycles. The molecule has 3 nitrogen and oxygen atoms in total. The number of hydrogen-bond donors (Lipinski definition) is 1. The average molecular weight is 214 g/mol. The third-order valence-electron chi connectivity index (χ3n) is 3.50. The summed E-state index contributed by atoms with van der Waals surface area (Å²) in [5, 5.41) is 10.0. The van der Waals surface area contributed by atoms with Gasteiger partial charge >= 0.3 is 0 Å². The molecule has 3 heteroatoms. The van der Waals surface area contributed by atoms with Crippen LogP contribution in [-0.2, 0) is 9.53 Å². The van der Waals surface area contributed by atoms with Crippen LogP contribution in [0.1, 0.15) is 46.0 Å². The van der Waals surface area contributed by atoms with E-state index in [1.165, 1.54) is 0 Å². The second-order valence-corrected chi connectivity index (χ2v) is 4.42. The predicted octanol–water partition coefficient (Wildman–Crippen LogP) is 1.92. The number of ether oxygens (including phenoxy) is 1. The number of rotatable bonds is 5. The van der Waals surface area contributed by atoms with Crippen molar-refractivity contribution >= 4 is 5.78 Å². The highest BCUT2D eigenvalue weighted by Crippen LogP contribution is 2.25. The van der Waals surface area contributed by atoms with Gasteiger partial charge in [0, 0.05) is 19.6 Å². The molecule has 0 aromatic heterocycles. The van der Waals surface area contributed by atoms with Gasteiger partial charge in [-0.1, -0.05) is 13.8 Å². The molecule has 15 heavy (non-hydrogen) atoms. The van der Waals surface area contributed by atoms with Crippen LogP contribution in [0.3, 0.4) is 0 Å². The number of carbonyl (C=O) groups excluding carboxylic acids is 1. The van der Waals surface area contributed by atoms with E-state index in [-0.39, 0.29) is 5.78 Å². The fourth-order valence-corrected chi connectivity index (χ4v) is 2.05. The first-order valence-electron chi connectivity index (χ1n) is 5.95. The molecule has 0 aromatic rings. The highest BCUT2D eigenvalue weighted by molar-refractivity contribution is 5.87. The van der Waals surface area contributed by atoms with E-state index in [0.29, 0.717) is 25.2 Å². The highest BCUT2D eigenvalue weighted by Gasteiger charge is 2.33. The van der Waals surface area contributed by atoms with Gasteiger partial charge in [-0.2, -0.15) is 0 Å². The lowest BCUT2D eigenvalue weighted by molar-refractivity contribution is -0.139. The minimum atomic E-state index is -1.09. The first kappa shape index (κ1) is 12.7. The molecule has 0 spiro atoms. The number of hydrogen-bond acceptors (Lipinski definition) is 3. The van der Waals surface area contributed by atoms with E-state index in [1.807, 2.05) is 13.8 Å². The molecule has 0 bridgehead atoms. The van der Waals surface area contributed by atoms with Crippen LogP contribution in [-0.4, -0.2) is 29.7 Å². The van der Waals surface area contributed by atoms with Crippen LogP contribution < -0.4 is 0 Å². The van der Waals surface area contributed by atoms with Gasteiger partial charge in [0.1, 0.15) is 5.60 Å². The number of aliphatic hydroxyl groups is 1. The van der Waals surface area contributed by atoms with Gasteiger partial charge in [-0.25, -0.2) is 0 Å². The fourth-order valence-electron chi connectivity index (χ4n) is 2.05. The minimum Gasteiger partial charge on any atom is -0.382 e. The lowest BCUT2D eigenvalue weighted by Gasteiger charge is -2.27. The lowest BCUT2D eigenvalue weighted by atomic mass is 9.84. The van der Waals surface area contributed by atoms with Crippen molar-refractivity contribution < 1.29 is 14.6 Å². The van der Waals surface area contributed by atoms with E-state index in [4.69, 9.17) is 4.74 Å². The zero-order valence-electron chi connectivity index (χ0n) is 9.79. The van der Waals surface area contributed by atoms with Gasteiger partial charge in [0.2, 0.25) is 0 Å². The van der Waals surface area contributed by atoms with Crippen molar-refractivity contribution in [3.63, 3.8) is 0 Å². The predicted molar refractivity (Wildman–Crippen MR) is 58.7 cm³/mol. The van der Waals surface area contributed by atoms with E-state index >= 15 is 0 Å². The van der Waals surface area contributed by atoms with Crippen molar-refractivity contribution in [3.05, 3.63) is 0 Å². The Balaban J connectivity index is 2.45. The first-order chi connectivity index (χ1) is 7.12. The van der Waals surface area contributed by atoms with Gasteiger partial charge < -0.3 is 9.84 Å². The highest BCUT2D eigenvalue weighted by atomic mass is 16.5. The van der Waals surface area contributed by atoms with E-state index in [0.717, 1.165) is 26.1 Å². The molecule has 0 atom stereocenters. The van der Waals surface area contributed by atoms with Gasteiger partial charge in [0.05, 0.1) is 0 Å². The van der Waals surface area contributed by atoms with Crippen LogP contribution in [0.2, 0.25) is 0 Å². The quantitative estimate of drug-likeness (QED) is 0.760. The summed E-state index contributed by atoms with van der Waals surface area (Å²) >= 11 is 0. The van der Waals surface area contributed by atoms with Crippen molar-refractivity contribution in [2.75, 3.05) is 13.2 Å². The zero-order chi connectivity index (χ0) is 11.3. The van der Waals surface area contributed by atoms with Gasteiger partial charge in [-0.3, -0.25) is 4.79 Å². The molecule has 1 N–H and O–H groups in total. The van der Waals surface area contributed by atoms with Gasteiger partial charge in [-0.05, 0) is 31.6 Å². The van der Waals surface area contributed by atoms with Crippen LogP contribution in [0.15, 0.2) is 0 Å². The molecule has 1 saturated heterocycles. The Morgan fingerprint density at radius 2 is 1.87 bits per heavy atom. The lowest BCUT2D eigenvalue weighted by Crippen LogP contribution is -2.38. The molecule has 88 valence electrons. The molecule has 0 aromatic carbocycles. The van der Waals surface area contributed by atoms with Crippen molar-refractivity contribution in [1.29, 1.82) is 0 Å². The third kappa shape index (κ3) is 3.28. The molecular weight excluding hydrogens is 192 g/mol. The summed E-state index contributed by atoms with van der Waals surface area (Å²) in [6, 6.07) is 0. The third-order valence-corrected chi connectivity index (χ3v) is 3.50. The Morgan fingerprint density at radius 3 is 2.33 bits per heavy atom. The summed E-state index contributed by atoms with van der Waals surface area (Å²) in [7, 11) is 0. The zero-order valence-corrected chi connectivity index (χ0v) is 9.79. The molecule has 0 amide bonds. The molecular formula is C12H22O3. The topological polar surface area (TPSA) is 46.5 Å². The van der Waals surface area contributed by atoms with E-state index < -0.39 is 5.60 Å². The smallest absolute Gasteiger partial charge is 0.164 e. The number of Topliss-reactive ketones (excluding diaryl/α,β-unsaturated/α-hetero) is 1. The van der Waals surface area contributed by atoms with Crippen LogP contribution in [0.25, 0.3) is 0 Å². The van der Waals surface area contributed by atoms with Crippen LogP contribution in [0.5, 0.6) is 0 Å². The van der Waals surface area contributed by atoms with Gasteiger partial charge in [0.25, 0.3) is 0 Å². The molecule has 0 unspecified atom stereocenters. The SMILES string of the molecule is CCC(O)(CC)C(=O)CC1CCOCC1. The molecule has 1 fully saturated rings. The minimum absolute atomic E-state index is 0.0133. The van der Waals surface area contributed by atoms with Crippen molar-refractivity contribution in [2.24, 2.45) is 5.92 Å². The van der Waals surface area contributed by atoms with Gasteiger partial charge in [-0.15, -0.1) is 0 Å². The summed E-state index contributed by atoms with van der Waals surface area (Å²) in [6.07, 6.45) is 3.46. The largest absolute Gasteiger partial charge is 0.382 e. The average Bonchev–Trinajstić information content (AvgIpc) is 2.29. The van der Waals surface area contributed by atoms with E-state index in [1.54, 1.807) is 0 Å². The summed E-state index contributed by atoms with van der Waals surface area (Å²) in [5.74, 6) is 0.426. The Bertz CT molecular complexity index is 203. The Labute approximate surface area is 91.8 Å². The Morgan fingerprint density at radius 1 is 1.33 bits per heavy atom. The molecule has 0 saturated carbocycles. The summed E-state index contributed by atoms with van der Waals surface area (Å²) < 4.78 is 5.25. The molecule has 1 aliphatic heterocycles. The number of ketones is 1. The van der Waals surface area contributed by atoms with E-state index in [2.05, 4.69) is 0 Å². The standard InChI is InChI=1S/C12H22O3/c1-3-12(14,4-2)11(13)9-10-5-7-15-8-6-10/h10,14H,3-9H2,1-2H3. The summed E-state index contributed by atoms with van der Waals surface area (Å²) in [5.41, 5.74) is -1.09. The van der Waals surface area contributed by atoms with Crippen LogP contribution >= 0.6 is 0 Å². The molecule has 0 aliphatic carbocycles. The van der Waals surface area contributed by atoms with Crippen molar-refractivity contribution in [1.82, 2.24) is 0 Å². The fraction of sp³-hybridized carbons (Fsp3) is 0.917. The maximum Gasteiger partial charge on any atom is 0.164 e. The molecule has 1 aliphatic rings. The van der Waals surface area contributed by atoms with E-state index in [9.17, 15) is 9.90 Å². The van der Waals surface area contributed by atoms with Crippen LogP contribution in [0, 0.1) is 5.92 Å². The monoisotopic (exact) mass is 214 g/mol. The Kier molecular flexibility index (Phi) is 4.74. The maximum absolute atomic E-state index is 11.9. The maximum atomic E-state index is 11.9.